The van der Waals surface area contributed by atoms with Crippen molar-refractivity contribution in [2.75, 3.05) is 0 Å². The Labute approximate surface area is 94.9 Å². The predicted molar refractivity (Wildman–Crippen MR) is 60.5 cm³/mol. The van der Waals surface area contributed by atoms with E-state index in [9.17, 15) is 4.79 Å². The number of rotatable bonds is 3. The maximum atomic E-state index is 10.6. The fourth-order valence-corrected chi connectivity index (χ4v) is 1.71. The predicted octanol–water partition coefficient (Wildman–Crippen LogP) is 1.28. The van der Waals surface area contributed by atoms with Gasteiger partial charge in [0.2, 0.25) is 0 Å². The zero-order chi connectivity index (χ0) is 10.7. The van der Waals surface area contributed by atoms with Gasteiger partial charge in [-0.2, -0.15) is 0 Å². The van der Waals surface area contributed by atoms with Crippen LogP contribution in [0.4, 0.5) is 0 Å². The molecule has 0 bridgehead atoms. The summed E-state index contributed by atoms with van der Waals surface area (Å²) in [5.41, 5.74) is 6.25. The van der Waals surface area contributed by atoms with E-state index in [-0.39, 0.29) is 9.67 Å². The fourth-order valence-electron chi connectivity index (χ4n) is 0.991. The van der Waals surface area contributed by atoms with E-state index in [1.54, 1.807) is 12.1 Å². The van der Waals surface area contributed by atoms with Gasteiger partial charge in [0.1, 0.15) is 11.8 Å². The Morgan fingerprint density at radius 2 is 1.86 bits per heavy atom. The van der Waals surface area contributed by atoms with Gasteiger partial charge >= 0.3 is 5.97 Å². The summed E-state index contributed by atoms with van der Waals surface area (Å²) in [5, 5.41) is 17.7. The zero-order valence-electron chi connectivity index (χ0n) is 7.22. The maximum absolute atomic E-state index is 10.6. The molecule has 5 heteroatoms. The van der Waals surface area contributed by atoms with Crippen molar-refractivity contribution in [2.24, 2.45) is 5.73 Å². The number of phenols is 1. The molecule has 4 N–H and O–H groups in total. The molecule has 0 spiro atoms. The Bertz CT molecular complexity index is 325. The molecule has 1 rings (SSSR count). The number of hydrogen-bond donors (Lipinski definition) is 3. The lowest BCUT2D eigenvalue weighted by Crippen LogP contribution is -2.33. The van der Waals surface area contributed by atoms with E-state index in [0.717, 1.165) is 5.56 Å². The number of carboxylic acid groups (broad SMARTS) is 1. The number of phenolic OH excluding ortho intramolecular Hbond substituents is 1. The van der Waals surface area contributed by atoms with Gasteiger partial charge < -0.3 is 15.9 Å². The first-order valence-electron chi connectivity index (χ1n) is 3.93. The standard InChI is InChI=1S/C9H10INO3/c10-7(8(11)9(13)14)5-1-3-6(12)4-2-5/h1-4,7-8,12H,11H2,(H,13,14). The Morgan fingerprint density at radius 3 is 2.29 bits per heavy atom. The number of aromatic hydroxyl groups is 1. The van der Waals surface area contributed by atoms with Crippen LogP contribution in [-0.4, -0.2) is 22.2 Å². The Kier molecular flexibility index (Phi) is 3.70. The summed E-state index contributed by atoms with van der Waals surface area (Å²) in [7, 11) is 0. The second-order valence-electron chi connectivity index (χ2n) is 2.86. The first kappa shape index (κ1) is 11.3. The third kappa shape index (κ3) is 2.58. The fraction of sp³-hybridized carbons (Fsp3) is 0.222. The summed E-state index contributed by atoms with van der Waals surface area (Å²) in [5.74, 6) is -0.876. The van der Waals surface area contributed by atoms with Crippen LogP contribution in [0.1, 0.15) is 9.49 Å². The van der Waals surface area contributed by atoms with Crippen LogP contribution in [-0.2, 0) is 4.79 Å². The molecular formula is C9H10INO3. The Hall–Kier alpha value is -0.820. The van der Waals surface area contributed by atoms with Gasteiger partial charge in [-0.3, -0.25) is 4.79 Å². The smallest absolute Gasteiger partial charge is 0.321 e. The molecule has 0 saturated carbocycles. The average Bonchev–Trinajstić information content (AvgIpc) is 2.16. The van der Waals surface area contributed by atoms with E-state index in [1.165, 1.54) is 12.1 Å². The highest BCUT2D eigenvalue weighted by molar-refractivity contribution is 14.1. The van der Waals surface area contributed by atoms with E-state index in [1.807, 2.05) is 22.6 Å². The Morgan fingerprint density at radius 1 is 1.36 bits per heavy atom. The number of hydrogen-bond acceptors (Lipinski definition) is 3. The van der Waals surface area contributed by atoms with E-state index in [2.05, 4.69) is 0 Å². The van der Waals surface area contributed by atoms with Crippen LogP contribution < -0.4 is 5.73 Å². The molecule has 14 heavy (non-hydrogen) atoms. The molecule has 0 amide bonds. The second kappa shape index (κ2) is 4.61. The van der Waals surface area contributed by atoms with Gasteiger partial charge in [0, 0.05) is 0 Å². The first-order valence-corrected chi connectivity index (χ1v) is 5.18. The van der Waals surface area contributed by atoms with Crippen molar-refractivity contribution in [3.05, 3.63) is 29.8 Å². The highest BCUT2D eigenvalue weighted by Gasteiger charge is 2.22. The molecule has 0 aliphatic rings. The van der Waals surface area contributed by atoms with Crippen molar-refractivity contribution >= 4 is 28.6 Å². The molecule has 2 atom stereocenters. The van der Waals surface area contributed by atoms with Crippen LogP contribution in [0.25, 0.3) is 0 Å². The zero-order valence-corrected chi connectivity index (χ0v) is 9.38. The number of carboxylic acids is 1. The van der Waals surface area contributed by atoms with Crippen molar-refractivity contribution in [1.29, 1.82) is 0 Å². The highest BCUT2D eigenvalue weighted by Crippen LogP contribution is 2.27. The molecule has 0 heterocycles. The molecule has 1 aromatic carbocycles. The minimum Gasteiger partial charge on any atom is -0.508 e. The van der Waals surface area contributed by atoms with Crippen LogP contribution >= 0.6 is 22.6 Å². The minimum atomic E-state index is -1.03. The summed E-state index contributed by atoms with van der Waals surface area (Å²) < 4.78 is -0.300. The largest absolute Gasteiger partial charge is 0.508 e. The molecule has 2 unspecified atom stereocenters. The van der Waals surface area contributed by atoms with Crippen molar-refractivity contribution in [3.63, 3.8) is 0 Å². The lowest BCUT2D eigenvalue weighted by molar-refractivity contribution is -0.138. The number of alkyl halides is 1. The van der Waals surface area contributed by atoms with Gasteiger partial charge in [0.25, 0.3) is 0 Å². The molecule has 0 aliphatic carbocycles. The second-order valence-corrected chi connectivity index (χ2v) is 4.20. The van der Waals surface area contributed by atoms with Crippen molar-refractivity contribution in [3.8, 4) is 5.75 Å². The van der Waals surface area contributed by atoms with Crippen LogP contribution in [0.2, 0.25) is 0 Å². The quantitative estimate of drug-likeness (QED) is 0.580. The highest BCUT2D eigenvalue weighted by atomic mass is 127. The van der Waals surface area contributed by atoms with E-state index in [4.69, 9.17) is 15.9 Å². The van der Waals surface area contributed by atoms with Crippen LogP contribution in [0.15, 0.2) is 24.3 Å². The summed E-state index contributed by atoms with van der Waals surface area (Å²) in [6.07, 6.45) is 0. The third-order valence-corrected chi connectivity index (χ3v) is 3.31. The van der Waals surface area contributed by atoms with Crippen molar-refractivity contribution in [2.45, 2.75) is 9.97 Å². The molecule has 0 fully saturated rings. The molecule has 0 radical (unpaired) electrons. The molecule has 0 aromatic heterocycles. The van der Waals surface area contributed by atoms with Gasteiger partial charge in [0.15, 0.2) is 0 Å². The molecule has 0 saturated heterocycles. The minimum absolute atomic E-state index is 0.154. The van der Waals surface area contributed by atoms with E-state index >= 15 is 0 Å². The van der Waals surface area contributed by atoms with Crippen LogP contribution in [0.3, 0.4) is 0 Å². The number of carbonyl (C=O) groups is 1. The van der Waals surface area contributed by atoms with E-state index in [0.29, 0.717) is 0 Å². The number of aliphatic carboxylic acids is 1. The monoisotopic (exact) mass is 307 g/mol. The summed E-state index contributed by atoms with van der Waals surface area (Å²) in [4.78, 5) is 10.6. The SMILES string of the molecule is NC(C(=O)O)C(I)c1ccc(O)cc1. The van der Waals surface area contributed by atoms with Gasteiger partial charge in [-0.05, 0) is 17.7 Å². The van der Waals surface area contributed by atoms with Gasteiger partial charge in [0.05, 0.1) is 3.92 Å². The normalized spacial score (nSPS) is 14.7. The lowest BCUT2D eigenvalue weighted by Gasteiger charge is -2.14. The van der Waals surface area contributed by atoms with Crippen molar-refractivity contribution in [1.82, 2.24) is 0 Å². The van der Waals surface area contributed by atoms with Gasteiger partial charge in [-0.25, -0.2) is 0 Å². The average molecular weight is 307 g/mol. The van der Waals surface area contributed by atoms with Crippen LogP contribution in [0.5, 0.6) is 5.75 Å². The van der Waals surface area contributed by atoms with Crippen molar-refractivity contribution < 1.29 is 15.0 Å². The van der Waals surface area contributed by atoms with Gasteiger partial charge in [-0.1, -0.05) is 34.7 Å². The first-order chi connectivity index (χ1) is 6.52. The summed E-state index contributed by atoms with van der Waals surface area (Å²) in [6, 6.07) is 5.41. The molecule has 1 aromatic rings. The van der Waals surface area contributed by atoms with Gasteiger partial charge in [-0.15, -0.1) is 0 Å². The molecule has 4 nitrogen and oxygen atoms in total. The molecular weight excluding hydrogens is 297 g/mol. The summed E-state index contributed by atoms with van der Waals surface area (Å²) >= 11 is 1.97. The maximum Gasteiger partial charge on any atom is 0.321 e. The van der Waals surface area contributed by atoms with E-state index < -0.39 is 12.0 Å². The lowest BCUT2D eigenvalue weighted by atomic mass is 10.1. The topological polar surface area (TPSA) is 83.6 Å². The number of nitrogens with two attached hydrogens (primary N) is 1. The Balaban J connectivity index is 2.84. The molecule has 0 aliphatic heterocycles. The third-order valence-electron chi connectivity index (χ3n) is 1.81. The summed E-state index contributed by atoms with van der Waals surface area (Å²) in [6.45, 7) is 0. The number of benzene rings is 1. The van der Waals surface area contributed by atoms with Crippen LogP contribution in [0, 0.1) is 0 Å². The number of halogens is 1. The molecule has 76 valence electrons.